The van der Waals surface area contributed by atoms with Crippen molar-refractivity contribution in [1.82, 2.24) is 9.88 Å². The Balaban J connectivity index is 1.65. The zero-order valence-electron chi connectivity index (χ0n) is 11.0. The number of rotatable bonds is 3. The van der Waals surface area contributed by atoms with Gasteiger partial charge in [-0.05, 0) is 18.1 Å². The van der Waals surface area contributed by atoms with E-state index in [-0.39, 0.29) is 6.09 Å². The first-order chi connectivity index (χ1) is 9.78. The van der Waals surface area contributed by atoms with Gasteiger partial charge in [0.1, 0.15) is 6.07 Å². The van der Waals surface area contributed by atoms with Crippen molar-refractivity contribution in [3.8, 4) is 6.07 Å². The summed E-state index contributed by atoms with van der Waals surface area (Å²) >= 11 is 0. The van der Waals surface area contributed by atoms with Gasteiger partial charge in [-0.15, -0.1) is 0 Å². The van der Waals surface area contributed by atoms with Crippen molar-refractivity contribution in [3.63, 3.8) is 0 Å². The van der Waals surface area contributed by atoms with Gasteiger partial charge in [-0.1, -0.05) is 18.2 Å². The summed E-state index contributed by atoms with van der Waals surface area (Å²) in [5.41, 5.74) is 2.30. The number of hydrogen-bond acceptors (Lipinski definition) is 3. The number of amides is 1. The van der Waals surface area contributed by atoms with E-state index in [9.17, 15) is 4.79 Å². The highest BCUT2D eigenvalue weighted by Crippen LogP contribution is 2.19. The lowest BCUT2D eigenvalue weighted by atomic mass is 10.1. The molecule has 1 aliphatic heterocycles. The Bertz CT molecular complexity index is 671. The van der Waals surface area contributed by atoms with Gasteiger partial charge in [0.25, 0.3) is 0 Å². The van der Waals surface area contributed by atoms with Crippen LogP contribution in [0.2, 0.25) is 0 Å². The highest BCUT2D eigenvalue weighted by molar-refractivity contribution is 5.83. The standard InChI is InChI=1S/C15H15N3O2/c16-9-12-6-8-18(15(19)20-12)7-5-11-10-17-14-4-2-1-3-13(11)14/h1-4,10,12,17H,5-8H2. The maximum atomic E-state index is 11.7. The molecule has 2 aromatic rings. The number of carbonyl (C=O) groups excluding carboxylic acids is 1. The van der Waals surface area contributed by atoms with Crippen LogP contribution in [0.4, 0.5) is 4.79 Å². The van der Waals surface area contributed by atoms with Gasteiger partial charge in [0, 0.05) is 36.6 Å². The van der Waals surface area contributed by atoms with Crippen LogP contribution >= 0.6 is 0 Å². The van der Waals surface area contributed by atoms with Gasteiger partial charge in [0.15, 0.2) is 6.10 Å². The minimum atomic E-state index is -0.591. The van der Waals surface area contributed by atoms with Crippen molar-refractivity contribution in [1.29, 1.82) is 5.26 Å². The summed E-state index contributed by atoms with van der Waals surface area (Å²) < 4.78 is 5.02. The van der Waals surface area contributed by atoms with E-state index in [2.05, 4.69) is 11.1 Å². The first-order valence-electron chi connectivity index (χ1n) is 6.68. The van der Waals surface area contributed by atoms with Crippen LogP contribution in [-0.4, -0.2) is 35.2 Å². The Labute approximate surface area is 116 Å². The molecule has 102 valence electrons. The van der Waals surface area contributed by atoms with E-state index in [1.807, 2.05) is 30.5 Å². The number of nitrogens with zero attached hydrogens (tertiary/aromatic N) is 2. The van der Waals surface area contributed by atoms with Crippen molar-refractivity contribution in [2.75, 3.05) is 13.1 Å². The van der Waals surface area contributed by atoms with E-state index in [0.717, 1.165) is 11.9 Å². The molecule has 5 heteroatoms. The normalized spacial score (nSPS) is 18.9. The lowest BCUT2D eigenvalue weighted by molar-refractivity contribution is 0.0480. The van der Waals surface area contributed by atoms with Gasteiger partial charge in [-0.3, -0.25) is 0 Å². The third kappa shape index (κ3) is 2.32. The average molecular weight is 269 g/mol. The van der Waals surface area contributed by atoms with Crippen LogP contribution in [0.1, 0.15) is 12.0 Å². The Hall–Kier alpha value is -2.48. The van der Waals surface area contributed by atoms with Gasteiger partial charge in [-0.25, -0.2) is 4.79 Å². The molecule has 1 unspecified atom stereocenters. The van der Waals surface area contributed by atoms with Gasteiger partial charge >= 0.3 is 6.09 Å². The monoisotopic (exact) mass is 269 g/mol. The fraction of sp³-hybridized carbons (Fsp3) is 0.333. The summed E-state index contributed by atoms with van der Waals surface area (Å²) in [6, 6.07) is 10.1. The lowest BCUT2D eigenvalue weighted by Crippen LogP contribution is -2.42. The van der Waals surface area contributed by atoms with Gasteiger partial charge in [0.05, 0.1) is 0 Å². The number of carbonyl (C=O) groups is 1. The maximum absolute atomic E-state index is 11.7. The molecule has 2 heterocycles. The molecule has 1 aliphatic rings. The molecule has 1 aromatic heterocycles. The van der Waals surface area contributed by atoms with Crippen LogP contribution in [0.15, 0.2) is 30.5 Å². The van der Waals surface area contributed by atoms with Crippen LogP contribution in [-0.2, 0) is 11.2 Å². The average Bonchev–Trinajstić information content (AvgIpc) is 2.89. The molecule has 20 heavy (non-hydrogen) atoms. The Morgan fingerprint density at radius 2 is 2.30 bits per heavy atom. The molecule has 0 spiro atoms. The van der Waals surface area contributed by atoms with Crippen molar-refractivity contribution in [2.24, 2.45) is 0 Å². The minimum absolute atomic E-state index is 0.386. The Morgan fingerprint density at radius 1 is 1.45 bits per heavy atom. The van der Waals surface area contributed by atoms with E-state index in [4.69, 9.17) is 10.00 Å². The van der Waals surface area contributed by atoms with Crippen LogP contribution in [0.5, 0.6) is 0 Å². The van der Waals surface area contributed by atoms with Crippen molar-refractivity contribution in [2.45, 2.75) is 18.9 Å². The predicted molar refractivity (Wildman–Crippen MR) is 74.1 cm³/mol. The fourth-order valence-corrected chi connectivity index (χ4v) is 2.51. The zero-order valence-corrected chi connectivity index (χ0v) is 11.0. The summed E-state index contributed by atoms with van der Waals surface area (Å²) in [4.78, 5) is 16.6. The van der Waals surface area contributed by atoms with Crippen molar-refractivity contribution in [3.05, 3.63) is 36.0 Å². The topological polar surface area (TPSA) is 69.1 Å². The quantitative estimate of drug-likeness (QED) is 0.930. The molecule has 1 atom stereocenters. The first kappa shape index (κ1) is 12.5. The molecular formula is C15H15N3O2. The zero-order chi connectivity index (χ0) is 13.9. The van der Waals surface area contributed by atoms with Crippen LogP contribution in [0.3, 0.4) is 0 Å². The lowest BCUT2D eigenvalue weighted by Gasteiger charge is -2.28. The maximum Gasteiger partial charge on any atom is 0.411 e. The third-order valence-electron chi connectivity index (χ3n) is 3.63. The van der Waals surface area contributed by atoms with Gasteiger partial charge in [-0.2, -0.15) is 5.26 Å². The van der Waals surface area contributed by atoms with Crippen LogP contribution in [0.25, 0.3) is 10.9 Å². The number of para-hydroxylation sites is 1. The number of nitriles is 1. The molecule has 0 aliphatic carbocycles. The molecule has 1 amide bonds. The smallest absolute Gasteiger partial charge is 0.411 e. The van der Waals surface area contributed by atoms with E-state index in [1.54, 1.807) is 4.90 Å². The van der Waals surface area contributed by atoms with Crippen molar-refractivity contribution < 1.29 is 9.53 Å². The number of nitrogens with one attached hydrogen (secondary N) is 1. The number of cyclic esters (lactones) is 1. The second kappa shape index (κ2) is 5.25. The highest BCUT2D eigenvalue weighted by atomic mass is 16.6. The molecule has 1 aromatic carbocycles. The van der Waals surface area contributed by atoms with Crippen LogP contribution in [0, 0.1) is 11.3 Å². The summed E-state index contributed by atoms with van der Waals surface area (Å²) in [5, 5.41) is 9.93. The molecule has 3 rings (SSSR count). The number of hydrogen-bond donors (Lipinski definition) is 1. The summed E-state index contributed by atoms with van der Waals surface area (Å²) in [6.45, 7) is 1.19. The van der Waals surface area contributed by atoms with Gasteiger partial charge < -0.3 is 14.6 Å². The molecule has 0 bridgehead atoms. The largest absolute Gasteiger partial charge is 0.431 e. The molecular weight excluding hydrogens is 254 g/mol. The third-order valence-corrected chi connectivity index (χ3v) is 3.63. The number of benzene rings is 1. The number of fused-ring (bicyclic) bond motifs is 1. The minimum Gasteiger partial charge on any atom is -0.431 e. The van der Waals surface area contributed by atoms with Gasteiger partial charge in [0.2, 0.25) is 0 Å². The fourth-order valence-electron chi connectivity index (χ4n) is 2.51. The number of ether oxygens (including phenoxy) is 1. The molecule has 1 N–H and O–H groups in total. The molecule has 5 nitrogen and oxygen atoms in total. The second-order valence-corrected chi connectivity index (χ2v) is 4.89. The number of aromatic amines is 1. The summed E-state index contributed by atoms with van der Waals surface area (Å²) in [7, 11) is 0. The molecule has 1 fully saturated rings. The molecule has 0 radical (unpaired) electrons. The SMILES string of the molecule is N#CC1CCN(CCc2c[nH]c3ccccc23)C(=O)O1. The van der Waals surface area contributed by atoms with Crippen molar-refractivity contribution >= 4 is 17.0 Å². The van der Waals surface area contributed by atoms with E-state index in [1.165, 1.54) is 10.9 Å². The Morgan fingerprint density at radius 3 is 3.10 bits per heavy atom. The van der Waals surface area contributed by atoms with E-state index < -0.39 is 6.10 Å². The highest BCUT2D eigenvalue weighted by Gasteiger charge is 2.26. The van der Waals surface area contributed by atoms with Crippen LogP contribution < -0.4 is 0 Å². The second-order valence-electron chi connectivity index (χ2n) is 4.89. The number of H-pyrrole nitrogens is 1. The number of aromatic nitrogens is 1. The predicted octanol–water partition coefficient (Wildman–Crippen LogP) is 2.44. The summed E-state index contributed by atoms with van der Waals surface area (Å²) in [6.07, 6.45) is 2.36. The molecule has 0 saturated carbocycles. The first-order valence-corrected chi connectivity index (χ1v) is 6.68. The molecule has 1 saturated heterocycles. The van der Waals surface area contributed by atoms with E-state index >= 15 is 0 Å². The van der Waals surface area contributed by atoms with E-state index in [0.29, 0.717) is 19.5 Å². The Kier molecular flexibility index (Phi) is 3.30. The summed E-state index contributed by atoms with van der Waals surface area (Å²) in [5.74, 6) is 0.